The molecule has 4 atom stereocenters. The van der Waals surface area contributed by atoms with Crippen LogP contribution in [0.15, 0.2) is 132 Å². The summed E-state index contributed by atoms with van der Waals surface area (Å²) in [6, 6.07) is 36.9. The number of piperidine rings is 1. The summed E-state index contributed by atoms with van der Waals surface area (Å²) in [7, 11) is 3.22. The first kappa shape index (κ1) is 47.8. The normalized spacial score (nSPS) is 18.7. The summed E-state index contributed by atoms with van der Waals surface area (Å²) < 4.78 is 10.6. The molecule has 13 nitrogen and oxygen atoms in total. The molecule has 0 radical (unpaired) electrons. The first-order valence-electron chi connectivity index (χ1n) is 22.9. The minimum atomic E-state index is -0.612. The molecule has 352 valence electrons. The molecule has 0 saturated carbocycles. The predicted octanol–water partition coefficient (Wildman–Crippen LogP) is 9.58. The van der Waals surface area contributed by atoms with E-state index in [4.69, 9.17) is 9.47 Å². The molecule has 4 unspecified atom stereocenters. The molecule has 9 rings (SSSR count). The van der Waals surface area contributed by atoms with E-state index in [1.165, 1.54) is 43.2 Å². The van der Waals surface area contributed by atoms with Gasteiger partial charge in [0.25, 0.3) is 11.8 Å². The molecule has 3 aliphatic rings. The van der Waals surface area contributed by atoms with Crippen molar-refractivity contribution < 1.29 is 33.4 Å². The Balaban J connectivity index is 0.000000184. The highest BCUT2D eigenvalue weighted by atomic mass is 32.1. The van der Waals surface area contributed by atoms with Crippen molar-refractivity contribution in [3.8, 4) is 0 Å². The summed E-state index contributed by atoms with van der Waals surface area (Å²) in [6.07, 6.45) is 3.74. The number of amides is 5. The van der Waals surface area contributed by atoms with Gasteiger partial charge in [-0.25, -0.2) is 0 Å². The van der Waals surface area contributed by atoms with Crippen LogP contribution >= 0.6 is 22.7 Å². The van der Waals surface area contributed by atoms with Gasteiger partial charge in [-0.05, 0) is 108 Å². The van der Waals surface area contributed by atoms with Gasteiger partial charge in [0.05, 0.1) is 37.1 Å². The maximum Gasteiger partial charge on any atom is 0.254 e. The molecule has 0 bridgehead atoms. The summed E-state index contributed by atoms with van der Waals surface area (Å²) in [6.45, 7) is 5.15. The van der Waals surface area contributed by atoms with Crippen LogP contribution in [0.3, 0.4) is 0 Å². The number of nitrogens with one attached hydrogen (secondary N) is 3. The highest BCUT2D eigenvalue weighted by molar-refractivity contribution is 7.10. The fourth-order valence-electron chi connectivity index (χ4n) is 9.40. The molecular weight excluding hydrogens is 897 g/mol. The van der Waals surface area contributed by atoms with E-state index in [9.17, 15) is 24.0 Å². The zero-order valence-electron chi connectivity index (χ0n) is 38.4. The zero-order valence-corrected chi connectivity index (χ0v) is 40.0. The fraction of sp³-hybridized carbons (Fsp3) is 0.302. The number of benzene rings is 4. The first-order valence-corrected chi connectivity index (χ1v) is 24.6. The summed E-state index contributed by atoms with van der Waals surface area (Å²) in [4.78, 5) is 73.7. The maximum absolute atomic E-state index is 13.9. The smallest absolute Gasteiger partial charge is 0.254 e. The van der Waals surface area contributed by atoms with Crippen LogP contribution in [-0.4, -0.2) is 92.9 Å². The van der Waals surface area contributed by atoms with E-state index in [-0.39, 0.29) is 35.6 Å². The van der Waals surface area contributed by atoms with E-state index >= 15 is 0 Å². The topological polar surface area (TPSA) is 150 Å². The number of ether oxygens (including phenoxy) is 2. The van der Waals surface area contributed by atoms with Gasteiger partial charge in [-0.2, -0.15) is 0 Å². The highest BCUT2D eigenvalue weighted by Gasteiger charge is 2.46. The second-order valence-electron chi connectivity index (χ2n) is 16.9. The number of thiophene rings is 2. The van der Waals surface area contributed by atoms with Crippen molar-refractivity contribution in [3.05, 3.63) is 164 Å². The van der Waals surface area contributed by atoms with Gasteiger partial charge in [0.2, 0.25) is 17.7 Å². The number of anilines is 4. The zero-order chi connectivity index (χ0) is 47.6. The van der Waals surface area contributed by atoms with Crippen LogP contribution in [0.25, 0.3) is 0 Å². The van der Waals surface area contributed by atoms with Gasteiger partial charge in [-0.15, -0.1) is 22.7 Å². The molecule has 5 heterocycles. The number of nitrogens with zero attached hydrogens (tertiary/aromatic N) is 3. The number of carbonyl (C=O) groups is 5. The van der Waals surface area contributed by atoms with Crippen LogP contribution in [0, 0.1) is 0 Å². The second kappa shape index (κ2) is 22.4. The third kappa shape index (κ3) is 10.7. The van der Waals surface area contributed by atoms with Crippen molar-refractivity contribution in [2.75, 3.05) is 74.5 Å². The van der Waals surface area contributed by atoms with Gasteiger partial charge in [-0.3, -0.25) is 24.0 Å². The van der Waals surface area contributed by atoms with Crippen molar-refractivity contribution in [2.45, 2.75) is 50.1 Å². The fourth-order valence-corrected chi connectivity index (χ4v) is 11.1. The van der Waals surface area contributed by atoms with Crippen LogP contribution in [0.2, 0.25) is 0 Å². The predicted molar refractivity (Wildman–Crippen MR) is 269 cm³/mol. The maximum atomic E-state index is 13.9. The summed E-state index contributed by atoms with van der Waals surface area (Å²) in [5.41, 5.74) is 5.68. The number of hydrogen-bond acceptors (Lipinski definition) is 10. The Kier molecular flexibility index (Phi) is 15.8. The Morgan fingerprint density at radius 3 is 1.53 bits per heavy atom. The molecule has 1 saturated heterocycles. The van der Waals surface area contributed by atoms with E-state index < -0.39 is 17.9 Å². The Hall–Kier alpha value is -6.65. The standard InChI is InChI=1S/C28H31N3O3S.C25H25N3O4S/c1-34-18-17-31-26(24-10-7-19-35-24)25(22-8-3-4-9-23(22)28(31)33)27(32)29-20-11-13-21(14-12-20)30-15-5-2-6-16-30;1-16(29)26-17-7-5-8-18(15-17)27-24(30)22-19-9-3-4-10-20(19)25(31)28(12-13-32-2)23(22)21-11-6-14-33-21/h3-4,7-14,19,25-26H,2,5-6,15-18H2,1H3,(H,29,32);3-11,14-15,22-23H,12-13H2,1-2H3,(H,26,29)(H,27,30). The molecule has 6 aromatic rings. The van der Waals surface area contributed by atoms with Crippen LogP contribution in [0.1, 0.15) is 91.7 Å². The Morgan fingerprint density at radius 2 is 1.06 bits per heavy atom. The molecule has 0 spiro atoms. The van der Waals surface area contributed by atoms with E-state index in [1.54, 1.807) is 65.7 Å². The monoisotopic (exact) mass is 952 g/mol. The van der Waals surface area contributed by atoms with Crippen LogP contribution in [0.4, 0.5) is 22.7 Å². The van der Waals surface area contributed by atoms with Crippen molar-refractivity contribution in [1.29, 1.82) is 0 Å². The highest BCUT2D eigenvalue weighted by Crippen LogP contribution is 2.46. The summed E-state index contributed by atoms with van der Waals surface area (Å²) in [5, 5.41) is 12.8. The Labute approximate surface area is 405 Å². The minimum Gasteiger partial charge on any atom is -0.383 e. The van der Waals surface area contributed by atoms with Gasteiger partial charge in [-0.1, -0.05) is 54.6 Å². The first-order chi connectivity index (χ1) is 33.2. The van der Waals surface area contributed by atoms with Gasteiger partial charge in [0.1, 0.15) is 0 Å². The molecule has 3 N–H and O–H groups in total. The van der Waals surface area contributed by atoms with E-state index in [1.807, 2.05) is 89.6 Å². The van der Waals surface area contributed by atoms with Crippen molar-refractivity contribution in [2.24, 2.45) is 0 Å². The van der Waals surface area contributed by atoms with Gasteiger partial charge in [0.15, 0.2) is 0 Å². The SMILES string of the molecule is COCCN1C(=O)c2ccccc2C(C(=O)Nc2ccc(N3CCCCC3)cc2)C1c1cccs1.COCCN1C(=O)c2ccccc2C(C(=O)Nc2cccc(NC(C)=O)c2)C1c1cccs1. The third-order valence-electron chi connectivity index (χ3n) is 12.5. The molecule has 15 heteroatoms. The largest absolute Gasteiger partial charge is 0.383 e. The number of methoxy groups -OCH3 is 2. The molecule has 4 aromatic carbocycles. The van der Waals surface area contributed by atoms with Crippen molar-refractivity contribution in [3.63, 3.8) is 0 Å². The quantitative estimate of drug-likeness (QED) is 0.0978. The number of hydrogen-bond donors (Lipinski definition) is 3. The Bertz CT molecular complexity index is 2690. The van der Waals surface area contributed by atoms with Crippen molar-refractivity contribution in [1.82, 2.24) is 9.80 Å². The molecule has 3 aliphatic heterocycles. The molecule has 5 amide bonds. The van der Waals surface area contributed by atoms with Gasteiger partial charge in [0, 0.05) is 91.0 Å². The van der Waals surface area contributed by atoms with E-state index in [0.717, 1.165) is 34.1 Å². The average Bonchev–Trinajstić information content (AvgIpc) is 4.10. The third-order valence-corrected chi connectivity index (χ3v) is 14.4. The van der Waals surface area contributed by atoms with E-state index in [0.29, 0.717) is 54.4 Å². The van der Waals surface area contributed by atoms with E-state index in [2.05, 4.69) is 33.0 Å². The Morgan fingerprint density at radius 1 is 0.574 bits per heavy atom. The van der Waals surface area contributed by atoms with Gasteiger partial charge < -0.3 is 40.1 Å². The second-order valence-corrected chi connectivity index (χ2v) is 18.8. The lowest BCUT2D eigenvalue weighted by Gasteiger charge is -2.41. The molecule has 68 heavy (non-hydrogen) atoms. The van der Waals surface area contributed by atoms with Crippen molar-refractivity contribution >= 4 is 75.0 Å². The lowest BCUT2D eigenvalue weighted by molar-refractivity contribution is -0.120. The average molecular weight is 953 g/mol. The molecule has 1 fully saturated rings. The van der Waals surface area contributed by atoms with Gasteiger partial charge >= 0.3 is 0 Å². The molecular formula is C53H56N6O7S2. The lowest BCUT2D eigenvalue weighted by atomic mass is 9.81. The molecule has 2 aromatic heterocycles. The summed E-state index contributed by atoms with van der Waals surface area (Å²) >= 11 is 3.09. The van der Waals surface area contributed by atoms with Crippen LogP contribution in [0.5, 0.6) is 0 Å². The number of fused-ring (bicyclic) bond motifs is 2. The summed E-state index contributed by atoms with van der Waals surface area (Å²) in [5.74, 6) is -1.85. The van der Waals surface area contributed by atoms with Crippen LogP contribution < -0.4 is 20.9 Å². The number of rotatable bonds is 14. The van der Waals surface area contributed by atoms with Crippen LogP contribution in [-0.2, 0) is 23.9 Å². The molecule has 0 aliphatic carbocycles. The minimum absolute atomic E-state index is 0.0639. The number of carbonyl (C=O) groups excluding carboxylic acids is 5. The lowest BCUT2D eigenvalue weighted by Crippen LogP contribution is -2.47.